The molecule has 0 bridgehead atoms. The molecule has 1 aromatic heterocycles. The van der Waals surface area contributed by atoms with E-state index in [1.807, 2.05) is 0 Å². The molecule has 0 saturated carbocycles. The van der Waals surface area contributed by atoms with Gasteiger partial charge in [-0.25, -0.2) is 9.59 Å². The van der Waals surface area contributed by atoms with Gasteiger partial charge < -0.3 is 14.0 Å². The molecule has 0 saturated heterocycles. The van der Waals surface area contributed by atoms with Crippen LogP contribution in [0, 0.1) is 0 Å². The number of hydrogen-bond donors (Lipinski definition) is 1. The smallest absolute Gasteiger partial charge is 0.335 e. The summed E-state index contributed by atoms with van der Waals surface area (Å²) in [5, 5.41) is 0. The summed E-state index contributed by atoms with van der Waals surface area (Å²) in [6.07, 6.45) is 0.897. The predicted octanol–water partition coefficient (Wildman–Crippen LogP) is 0.283. The summed E-state index contributed by atoms with van der Waals surface area (Å²) in [5.41, 5.74) is -1.57. The quantitative estimate of drug-likeness (QED) is 0.784. The maximum Gasteiger partial charge on any atom is 0.335 e. The zero-order chi connectivity index (χ0) is 15.3. The first-order valence-corrected chi connectivity index (χ1v) is 6.28. The first-order valence-electron chi connectivity index (χ1n) is 6.28. The van der Waals surface area contributed by atoms with Gasteiger partial charge in [0.1, 0.15) is 5.60 Å². The second-order valence-electron chi connectivity index (χ2n) is 5.35. The molecular weight excluding hydrogens is 264 g/mol. The molecular formula is C13H20N2O5. The third-order valence-corrected chi connectivity index (χ3v) is 2.48. The Morgan fingerprint density at radius 3 is 2.55 bits per heavy atom. The van der Waals surface area contributed by atoms with E-state index in [9.17, 15) is 14.4 Å². The minimum atomic E-state index is -0.756. The number of ether oxygens (including phenoxy) is 2. The van der Waals surface area contributed by atoms with E-state index in [4.69, 9.17) is 9.47 Å². The average molecular weight is 284 g/mol. The van der Waals surface area contributed by atoms with Gasteiger partial charge in [-0.05, 0) is 20.8 Å². The maximum absolute atomic E-state index is 11.9. The molecule has 0 radical (unpaired) electrons. The molecule has 1 rings (SSSR count). The van der Waals surface area contributed by atoms with Crippen LogP contribution in [0.5, 0.6) is 0 Å². The molecule has 1 heterocycles. The van der Waals surface area contributed by atoms with E-state index in [1.54, 1.807) is 20.8 Å². The first kappa shape index (κ1) is 16.2. The Hall–Kier alpha value is -1.89. The lowest BCUT2D eigenvalue weighted by Gasteiger charge is -2.23. The molecule has 7 nitrogen and oxygen atoms in total. The lowest BCUT2D eigenvalue weighted by molar-refractivity contribution is -0.167. The topological polar surface area (TPSA) is 90.4 Å². The van der Waals surface area contributed by atoms with Gasteiger partial charge in [0.2, 0.25) is 0 Å². The number of nitrogens with zero attached hydrogens (tertiary/aromatic N) is 1. The van der Waals surface area contributed by atoms with Crippen LogP contribution in [-0.4, -0.2) is 34.3 Å². The SMILES string of the molecule is COC(CCn1ccc(=O)[nH]c1=O)C(=O)OC(C)(C)C. The summed E-state index contributed by atoms with van der Waals surface area (Å²) >= 11 is 0. The zero-order valence-corrected chi connectivity index (χ0v) is 12.1. The summed E-state index contributed by atoms with van der Waals surface area (Å²) in [6, 6.07) is 1.25. The Labute approximate surface area is 116 Å². The number of nitrogens with one attached hydrogen (secondary N) is 1. The summed E-state index contributed by atoms with van der Waals surface area (Å²) in [6.45, 7) is 5.55. The number of carbonyl (C=O) groups is 1. The van der Waals surface area contributed by atoms with E-state index in [0.717, 1.165) is 0 Å². The third-order valence-electron chi connectivity index (χ3n) is 2.48. The van der Waals surface area contributed by atoms with Crippen molar-refractivity contribution in [3.8, 4) is 0 Å². The van der Waals surface area contributed by atoms with Gasteiger partial charge in [0.15, 0.2) is 6.10 Å². The van der Waals surface area contributed by atoms with E-state index < -0.39 is 28.9 Å². The number of aromatic amines is 1. The van der Waals surface area contributed by atoms with Crippen molar-refractivity contribution < 1.29 is 14.3 Å². The highest BCUT2D eigenvalue weighted by atomic mass is 16.6. The lowest BCUT2D eigenvalue weighted by Crippen LogP contribution is -2.35. The monoisotopic (exact) mass is 284 g/mol. The van der Waals surface area contributed by atoms with Gasteiger partial charge in [-0.2, -0.15) is 0 Å². The fourth-order valence-electron chi connectivity index (χ4n) is 1.58. The van der Waals surface area contributed by atoms with Crippen molar-refractivity contribution in [1.82, 2.24) is 9.55 Å². The van der Waals surface area contributed by atoms with Crippen LogP contribution >= 0.6 is 0 Å². The van der Waals surface area contributed by atoms with Crippen LogP contribution in [0.15, 0.2) is 21.9 Å². The van der Waals surface area contributed by atoms with Gasteiger partial charge >= 0.3 is 11.7 Å². The van der Waals surface area contributed by atoms with Crippen molar-refractivity contribution in [3.05, 3.63) is 33.1 Å². The number of carbonyl (C=O) groups excluding carboxylic acids is 1. The minimum absolute atomic E-state index is 0.243. The number of aryl methyl sites for hydroxylation is 1. The van der Waals surface area contributed by atoms with Gasteiger partial charge in [-0.3, -0.25) is 9.78 Å². The average Bonchev–Trinajstić information content (AvgIpc) is 2.30. The van der Waals surface area contributed by atoms with Crippen molar-refractivity contribution >= 4 is 5.97 Å². The molecule has 1 N–H and O–H groups in total. The summed E-state index contributed by atoms with van der Waals surface area (Å²) in [4.78, 5) is 36.4. The highest BCUT2D eigenvalue weighted by Gasteiger charge is 2.24. The molecule has 112 valence electrons. The Morgan fingerprint density at radius 2 is 2.05 bits per heavy atom. The standard InChI is InChI=1S/C13H20N2O5/c1-13(2,3)20-11(17)9(19-4)5-7-15-8-6-10(16)14-12(15)18/h6,8-9H,5,7H2,1-4H3,(H,14,16,18). The Bertz CT molecular complexity index is 567. The highest BCUT2D eigenvalue weighted by Crippen LogP contribution is 2.11. The Morgan fingerprint density at radius 1 is 1.40 bits per heavy atom. The van der Waals surface area contributed by atoms with Crippen LogP contribution in [0.3, 0.4) is 0 Å². The molecule has 0 amide bonds. The molecule has 0 aliphatic heterocycles. The van der Waals surface area contributed by atoms with Crippen molar-refractivity contribution in [2.75, 3.05) is 7.11 Å². The fourth-order valence-corrected chi connectivity index (χ4v) is 1.58. The second-order valence-corrected chi connectivity index (χ2v) is 5.35. The molecule has 7 heteroatoms. The van der Waals surface area contributed by atoms with Crippen LogP contribution in [0.1, 0.15) is 27.2 Å². The summed E-state index contributed by atoms with van der Waals surface area (Å²) in [5.74, 6) is -0.475. The van der Waals surface area contributed by atoms with Crippen LogP contribution in [0.2, 0.25) is 0 Å². The molecule has 1 atom stereocenters. The van der Waals surface area contributed by atoms with Crippen molar-refractivity contribution in [1.29, 1.82) is 0 Å². The molecule has 0 aliphatic rings. The minimum Gasteiger partial charge on any atom is -0.458 e. The number of aromatic nitrogens is 2. The first-order chi connectivity index (χ1) is 9.23. The lowest BCUT2D eigenvalue weighted by atomic mass is 10.2. The van der Waals surface area contributed by atoms with Crippen molar-refractivity contribution in [3.63, 3.8) is 0 Å². The largest absolute Gasteiger partial charge is 0.458 e. The van der Waals surface area contributed by atoms with Gasteiger partial charge in [-0.1, -0.05) is 0 Å². The zero-order valence-electron chi connectivity index (χ0n) is 12.1. The van der Waals surface area contributed by atoms with Gasteiger partial charge in [0, 0.05) is 32.3 Å². The van der Waals surface area contributed by atoms with E-state index in [1.165, 1.54) is 23.9 Å². The molecule has 1 aromatic rings. The van der Waals surface area contributed by atoms with Gasteiger partial charge in [0.25, 0.3) is 5.56 Å². The normalized spacial score (nSPS) is 13.0. The van der Waals surface area contributed by atoms with Crippen LogP contribution in [-0.2, 0) is 20.8 Å². The number of H-pyrrole nitrogens is 1. The van der Waals surface area contributed by atoms with Crippen molar-refractivity contribution in [2.45, 2.75) is 45.4 Å². The molecule has 0 fully saturated rings. The molecule has 0 aromatic carbocycles. The van der Waals surface area contributed by atoms with E-state index in [2.05, 4.69) is 4.98 Å². The van der Waals surface area contributed by atoms with Crippen LogP contribution in [0.25, 0.3) is 0 Å². The predicted molar refractivity (Wildman–Crippen MR) is 72.6 cm³/mol. The molecule has 0 spiro atoms. The fraction of sp³-hybridized carbons (Fsp3) is 0.615. The van der Waals surface area contributed by atoms with Gasteiger partial charge in [-0.15, -0.1) is 0 Å². The van der Waals surface area contributed by atoms with Crippen LogP contribution < -0.4 is 11.2 Å². The molecule has 0 aliphatic carbocycles. The third kappa shape index (κ3) is 5.00. The number of rotatable bonds is 5. The highest BCUT2D eigenvalue weighted by molar-refractivity contribution is 5.75. The van der Waals surface area contributed by atoms with Gasteiger partial charge in [0.05, 0.1) is 0 Å². The Balaban J connectivity index is 2.68. The van der Waals surface area contributed by atoms with E-state index in [-0.39, 0.29) is 13.0 Å². The van der Waals surface area contributed by atoms with Crippen LogP contribution in [0.4, 0.5) is 0 Å². The maximum atomic E-state index is 11.9. The van der Waals surface area contributed by atoms with E-state index in [0.29, 0.717) is 0 Å². The number of hydrogen-bond acceptors (Lipinski definition) is 5. The molecule has 20 heavy (non-hydrogen) atoms. The second kappa shape index (κ2) is 6.51. The molecule has 1 unspecified atom stereocenters. The summed E-state index contributed by atoms with van der Waals surface area (Å²) < 4.78 is 11.6. The Kier molecular flexibility index (Phi) is 5.26. The van der Waals surface area contributed by atoms with E-state index >= 15 is 0 Å². The van der Waals surface area contributed by atoms with Crippen molar-refractivity contribution in [2.24, 2.45) is 0 Å². The number of methoxy groups -OCH3 is 1. The number of esters is 1. The summed E-state index contributed by atoms with van der Waals surface area (Å²) in [7, 11) is 1.41.